The summed E-state index contributed by atoms with van der Waals surface area (Å²) in [5.74, 6) is 0.909. The van der Waals surface area contributed by atoms with Gasteiger partial charge in [0.25, 0.3) is 0 Å². The zero-order valence-corrected chi connectivity index (χ0v) is 13.5. The minimum atomic E-state index is -0.228. The van der Waals surface area contributed by atoms with Crippen LogP contribution in [-0.2, 0) is 13.0 Å². The van der Waals surface area contributed by atoms with E-state index >= 15 is 0 Å². The highest BCUT2D eigenvalue weighted by molar-refractivity contribution is 5.55. The van der Waals surface area contributed by atoms with E-state index in [1.165, 1.54) is 11.6 Å². The van der Waals surface area contributed by atoms with Gasteiger partial charge in [0.05, 0.1) is 0 Å². The van der Waals surface area contributed by atoms with E-state index < -0.39 is 0 Å². The van der Waals surface area contributed by atoms with Crippen LogP contribution in [0.5, 0.6) is 0 Å². The fourth-order valence-electron chi connectivity index (χ4n) is 2.30. The van der Waals surface area contributed by atoms with E-state index in [1.807, 2.05) is 18.2 Å². The topological polar surface area (TPSA) is 49.8 Å². The molecule has 0 bridgehead atoms. The molecule has 0 aliphatic heterocycles. The molecule has 24 heavy (non-hydrogen) atoms. The van der Waals surface area contributed by atoms with Crippen molar-refractivity contribution in [3.05, 3.63) is 77.7 Å². The summed E-state index contributed by atoms with van der Waals surface area (Å²) in [6.45, 7) is 2.49. The molecule has 122 valence electrons. The van der Waals surface area contributed by atoms with Crippen LogP contribution in [0, 0.1) is 5.82 Å². The first kappa shape index (κ1) is 15.9. The van der Waals surface area contributed by atoms with Gasteiger partial charge >= 0.3 is 0 Å². The van der Waals surface area contributed by atoms with E-state index in [4.69, 9.17) is 0 Å². The van der Waals surface area contributed by atoms with Crippen molar-refractivity contribution in [1.82, 2.24) is 9.97 Å². The molecule has 2 aromatic carbocycles. The number of nitrogens with zero attached hydrogens (tertiary/aromatic N) is 2. The predicted octanol–water partition coefficient (Wildman–Crippen LogP) is 4.53. The van der Waals surface area contributed by atoms with Gasteiger partial charge in [0.1, 0.15) is 11.6 Å². The van der Waals surface area contributed by atoms with Crippen LogP contribution in [0.25, 0.3) is 0 Å². The average molecular weight is 322 g/mol. The van der Waals surface area contributed by atoms with Gasteiger partial charge in [-0.3, -0.25) is 0 Å². The third-order valence-corrected chi connectivity index (χ3v) is 3.69. The van der Waals surface area contributed by atoms with Crippen molar-refractivity contribution in [3.8, 4) is 0 Å². The molecule has 3 aromatic rings. The Bertz CT molecular complexity index is 802. The molecule has 2 N–H and O–H groups in total. The van der Waals surface area contributed by atoms with Gasteiger partial charge in [0.2, 0.25) is 5.95 Å². The molecule has 0 atom stereocenters. The molecule has 0 saturated heterocycles. The third kappa shape index (κ3) is 4.07. The second kappa shape index (κ2) is 7.55. The Balaban J connectivity index is 1.66. The minimum Gasteiger partial charge on any atom is -0.366 e. The summed E-state index contributed by atoms with van der Waals surface area (Å²) in [5.41, 5.74) is 2.81. The molecule has 1 heterocycles. The smallest absolute Gasteiger partial charge is 0.229 e. The Hall–Kier alpha value is -2.95. The summed E-state index contributed by atoms with van der Waals surface area (Å²) in [4.78, 5) is 8.61. The summed E-state index contributed by atoms with van der Waals surface area (Å²) < 4.78 is 13.6. The molecule has 0 radical (unpaired) electrons. The second-order valence-corrected chi connectivity index (χ2v) is 5.39. The number of benzene rings is 2. The maximum atomic E-state index is 13.6. The lowest BCUT2D eigenvalue weighted by molar-refractivity contribution is 0.613. The monoisotopic (exact) mass is 322 g/mol. The normalized spacial score (nSPS) is 10.4. The first-order valence-electron chi connectivity index (χ1n) is 7.91. The highest BCUT2D eigenvalue weighted by atomic mass is 19.1. The van der Waals surface area contributed by atoms with Crippen LogP contribution in [0.3, 0.4) is 0 Å². The molecule has 4 nitrogen and oxygen atoms in total. The molecule has 0 aliphatic carbocycles. The van der Waals surface area contributed by atoms with Crippen molar-refractivity contribution >= 4 is 17.5 Å². The standard InChI is InChI=1S/C19H19FN4/c1-2-14-7-9-16(10-8-14)23-19-21-12-11-18(24-19)22-13-15-5-3-4-6-17(15)20/h3-12H,2,13H2,1H3,(H2,21,22,23,24). The summed E-state index contributed by atoms with van der Waals surface area (Å²) in [6.07, 6.45) is 2.67. The highest BCUT2D eigenvalue weighted by Crippen LogP contribution is 2.16. The maximum Gasteiger partial charge on any atom is 0.229 e. The van der Waals surface area contributed by atoms with Gasteiger partial charge in [-0.05, 0) is 36.2 Å². The van der Waals surface area contributed by atoms with Gasteiger partial charge < -0.3 is 10.6 Å². The van der Waals surface area contributed by atoms with Crippen LogP contribution < -0.4 is 10.6 Å². The van der Waals surface area contributed by atoms with E-state index in [1.54, 1.807) is 24.4 Å². The van der Waals surface area contributed by atoms with Gasteiger partial charge in [-0.25, -0.2) is 9.37 Å². The zero-order valence-electron chi connectivity index (χ0n) is 13.5. The molecular formula is C19H19FN4. The largest absolute Gasteiger partial charge is 0.366 e. The fourth-order valence-corrected chi connectivity index (χ4v) is 2.30. The number of hydrogen-bond acceptors (Lipinski definition) is 4. The zero-order chi connectivity index (χ0) is 16.8. The van der Waals surface area contributed by atoms with Crippen LogP contribution in [0.1, 0.15) is 18.1 Å². The van der Waals surface area contributed by atoms with Crippen molar-refractivity contribution < 1.29 is 4.39 Å². The molecular weight excluding hydrogens is 303 g/mol. The van der Waals surface area contributed by atoms with Crippen LogP contribution in [0.15, 0.2) is 60.8 Å². The van der Waals surface area contributed by atoms with E-state index in [2.05, 4.69) is 39.7 Å². The first-order chi connectivity index (χ1) is 11.7. The van der Waals surface area contributed by atoms with E-state index in [0.29, 0.717) is 23.9 Å². The second-order valence-electron chi connectivity index (χ2n) is 5.39. The van der Waals surface area contributed by atoms with Crippen LogP contribution in [-0.4, -0.2) is 9.97 Å². The fraction of sp³-hybridized carbons (Fsp3) is 0.158. The predicted molar refractivity (Wildman–Crippen MR) is 94.9 cm³/mol. The SMILES string of the molecule is CCc1ccc(Nc2nccc(NCc3ccccc3F)n2)cc1. The van der Waals surface area contributed by atoms with Gasteiger partial charge in [-0.2, -0.15) is 4.98 Å². The Morgan fingerprint density at radius 1 is 1.00 bits per heavy atom. The van der Waals surface area contributed by atoms with Gasteiger partial charge in [0.15, 0.2) is 0 Å². The van der Waals surface area contributed by atoms with E-state index in [9.17, 15) is 4.39 Å². The number of halogens is 1. The lowest BCUT2D eigenvalue weighted by Crippen LogP contribution is -2.05. The Kier molecular flexibility index (Phi) is 5.01. The molecule has 5 heteroatoms. The molecule has 1 aromatic heterocycles. The molecule has 0 saturated carbocycles. The van der Waals surface area contributed by atoms with Gasteiger partial charge in [0, 0.05) is 24.0 Å². The Labute approximate surface area is 140 Å². The molecule has 0 aliphatic rings. The third-order valence-electron chi connectivity index (χ3n) is 3.69. The summed E-state index contributed by atoms with van der Waals surface area (Å²) in [6, 6.07) is 16.6. The van der Waals surface area contributed by atoms with Crippen molar-refractivity contribution in [3.63, 3.8) is 0 Å². The molecule has 0 amide bonds. The summed E-state index contributed by atoms with van der Waals surface area (Å²) >= 11 is 0. The lowest BCUT2D eigenvalue weighted by atomic mass is 10.1. The lowest BCUT2D eigenvalue weighted by Gasteiger charge is -2.09. The van der Waals surface area contributed by atoms with Crippen LogP contribution in [0.2, 0.25) is 0 Å². The van der Waals surface area contributed by atoms with Crippen molar-refractivity contribution in [1.29, 1.82) is 0 Å². The van der Waals surface area contributed by atoms with E-state index in [0.717, 1.165) is 12.1 Å². The van der Waals surface area contributed by atoms with Gasteiger partial charge in [-0.15, -0.1) is 0 Å². The van der Waals surface area contributed by atoms with Crippen molar-refractivity contribution in [2.45, 2.75) is 19.9 Å². The van der Waals surface area contributed by atoms with E-state index in [-0.39, 0.29) is 5.82 Å². The number of aromatic nitrogens is 2. The summed E-state index contributed by atoms with van der Waals surface area (Å²) in [5, 5.41) is 6.28. The number of hydrogen-bond donors (Lipinski definition) is 2. The molecule has 0 unspecified atom stereocenters. The highest BCUT2D eigenvalue weighted by Gasteiger charge is 2.03. The van der Waals surface area contributed by atoms with Crippen LogP contribution in [0.4, 0.5) is 21.8 Å². The number of rotatable bonds is 6. The molecule has 0 fully saturated rings. The Morgan fingerprint density at radius 3 is 2.54 bits per heavy atom. The average Bonchev–Trinajstić information content (AvgIpc) is 2.62. The quantitative estimate of drug-likeness (QED) is 0.700. The van der Waals surface area contributed by atoms with Crippen molar-refractivity contribution in [2.75, 3.05) is 10.6 Å². The maximum absolute atomic E-state index is 13.6. The van der Waals surface area contributed by atoms with Crippen molar-refractivity contribution in [2.24, 2.45) is 0 Å². The van der Waals surface area contributed by atoms with Gasteiger partial charge in [-0.1, -0.05) is 37.3 Å². The summed E-state index contributed by atoms with van der Waals surface area (Å²) in [7, 11) is 0. The number of nitrogens with one attached hydrogen (secondary N) is 2. The number of anilines is 3. The first-order valence-corrected chi connectivity index (χ1v) is 7.91. The molecule has 0 spiro atoms. The molecule has 3 rings (SSSR count). The minimum absolute atomic E-state index is 0.228. The van der Waals surface area contributed by atoms with Crippen LogP contribution >= 0.6 is 0 Å². The number of aryl methyl sites for hydroxylation is 1. The Morgan fingerprint density at radius 2 is 1.79 bits per heavy atom.